The molecule has 0 bridgehead atoms. The van der Waals surface area contributed by atoms with Crippen LogP contribution in [0.25, 0.3) is 0 Å². The van der Waals surface area contributed by atoms with Gasteiger partial charge in [0.1, 0.15) is 22.1 Å². The fraction of sp³-hybridized carbons (Fsp3) is 0.409. The van der Waals surface area contributed by atoms with Gasteiger partial charge in [0.2, 0.25) is 15.9 Å². The van der Waals surface area contributed by atoms with Gasteiger partial charge in [-0.1, -0.05) is 0 Å². The molecule has 0 spiro atoms. The van der Waals surface area contributed by atoms with E-state index in [4.69, 9.17) is 14.2 Å². The summed E-state index contributed by atoms with van der Waals surface area (Å²) in [5.41, 5.74) is 0.722. The molecule has 0 aliphatic carbocycles. The molecule has 8 nitrogen and oxygen atoms in total. The predicted octanol–water partition coefficient (Wildman–Crippen LogP) is 2.78. The van der Waals surface area contributed by atoms with Crippen LogP contribution in [0.3, 0.4) is 0 Å². The molecule has 0 radical (unpaired) electrons. The molecule has 0 N–H and O–H groups in total. The van der Waals surface area contributed by atoms with Crippen molar-refractivity contribution in [1.29, 1.82) is 0 Å². The number of hydrogen-bond acceptors (Lipinski definition) is 6. The number of sulfonamides is 1. The van der Waals surface area contributed by atoms with Gasteiger partial charge in [0.25, 0.3) is 0 Å². The van der Waals surface area contributed by atoms with E-state index in [0.29, 0.717) is 30.9 Å². The normalized spacial score (nSPS) is 17.1. The molecule has 1 heterocycles. The summed E-state index contributed by atoms with van der Waals surface area (Å²) in [6, 6.07) is 11.8. The van der Waals surface area contributed by atoms with E-state index in [1.54, 1.807) is 55.5 Å². The van der Waals surface area contributed by atoms with Crippen LogP contribution in [0.15, 0.2) is 47.4 Å². The van der Waals surface area contributed by atoms with Crippen LogP contribution in [0.2, 0.25) is 0 Å². The molecular formula is C22H28N2O6S. The molecule has 2 aromatic carbocycles. The standard InChI is InChI=1S/C22H28N2O6S/c1-23(17-7-9-18(28-2)10-8-17)22(25)16-6-5-13-24(15-16)31(26,27)21-14-19(29-3)11-12-20(21)30-4/h7-12,14,16H,5-6,13,15H2,1-4H3/t16-/m0/s1. The highest BCUT2D eigenvalue weighted by Crippen LogP contribution is 2.33. The Morgan fingerprint density at radius 1 is 1.00 bits per heavy atom. The molecule has 1 atom stereocenters. The van der Waals surface area contributed by atoms with E-state index < -0.39 is 15.9 Å². The first-order valence-corrected chi connectivity index (χ1v) is 11.4. The largest absolute Gasteiger partial charge is 0.497 e. The van der Waals surface area contributed by atoms with Crippen LogP contribution >= 0.6 is 0 Å². The zero-order valence-corrected chi connectivity index (χ0v) is 19.0. The van der Waals surface area contributed by atoms with Crippen molar-refractivity contribution < 1.29 is 27.4 Å². The van der Waals surface area contributed by atoms with Crippen LogP contribution < -0.4 is 19.1 Å². The number of amides is 1. The highest BCUT2D eigenvalue weighted by molar-refractivity contribution is 7.89. The van der Waals surface area contributed by atoms with Crippen LogP contribution in [-0.4, -0.2) is 60.1 Å². The van der Waals surface area contributed by atoms with Crippen molar-refractivity contribution in [1.82, 2.24) is 4.31 Å². The van der Waals surface area contributed by atoms with Gasteiger partial charge in [0.05, 0.1) is 27.2 Å². The Morgan fingerprint density at radius 3 is 2.26 bits per heavy atom. The molecule has 3 rings (SSSR count). The fourth-order valence-electron chi connectivity index (χ4n) is 3.69. The van der Waals surface area contributed by atoms with Gasteiger partial charge in [-0.15, -0.1) is 0 Å². The number of anilines is 1. The maximum Gasteiger partial charge on any atom is 0.246 e. The number of methoxy groups -OCH3 is 3. The minimum Gasteiger partial charge on any atom is -0.497 e. The number of benzene rings is 2. The van der Waals surface area contributed by atoms with Gasteiger partial charge in [0.15, 0.2) is 0 Å². The monoisotopic (exact) mass is 448 g/mol. The topological polar surface area (TPSA) is 85.4 Å². The van der Waals surface area contributed by atoms with E-state index in [0.717, 1.165) is 5.69 Å². The summed E-state index contributed by atoms with van der Waals surface area (Å²) in [7, 11) is 2.32. The number of nitrogens with zero attached hydrogens (tertiary/aromatic N) is 2. The lowest BCUT2D eigenvalue weighted by Crippen LogP contribution is -2.46. The molecule has 0 saturated carbocycles. The molecule has 1 aliphatic rings. The van der Waals surface area contributed by atoms with Crippen LogP contribution in [0.1, 0.15) is 12.8 Å². The molecule has 1 amide bonds. The van der Waals surface area contributed by atoms with Crippen molar-refractivity contribution in [2.24, 2.45) is 5.92 Å². The zero-order valence-electron chi connectivity index (χ0n) is 18.2. The third kappa shape index (κ3) is 4.77. The Kier molecular flexibility index (Phi) is 7.07. The Hall–Kier alpha value is -2.78. The van der Waals surface area contributed by atoms with Crippen LogP contribution in [0.5, 0.6) is 17.2 Å². The van der Waals surface area contributed by atoms with Crippen molar-refractivity contribution >= 4 is 21.6 Å². The summed E-state index contributed by atoms with van der Waals surface area (Å²) >= 11 is 0. The zero-order chi connectivity index (χ0) is 22.6. The summed E-state index contributed by atoms with van der Waals surface area (Å²) in [5, 5.41) is 0. The van der Waals surface area contributed by atoms with Crippen molar-refractivity contribution in [3.63, 3.8) is 0 Å². The average molecular weight is 449 g/mol. The first kappa shape index (κ1) is 22.9. The van der Waals surface area contributed by atoms with Crippen LogP contribution in [0.4, 0.5) is 5.69 Å². The molecule has 1 saturated heterocycles. The van der Waals surface area contributed by atoms with E-state index >= 15 is 0 Å². The van der Waals surface area contributed by atoms with Gasteiger partial charge in [-0.05, 0) is 49.2 Å². The smallest absolute Gasteiger partial charge is 0.246 e. The Morgan fingerprint density at radius 2 is 1.65 bits per heavy atom. The highest BCUT2D eigenvalue weighted by Gasteiger charge is 2.36. The molecule has 0 aromatic heterocycles. The summed E-state index contributed by atoms with van der Waals surface area (Å²) in [5.74, 6) is 0.800. The molecule has 1 aliphatic heterocycles. The van der Waals surface area contributed by atoms with E-state index in [-0.39, 0.29) is 23.1 Å². The molecule has 2 aromatic rings. The lowest BCUT2D eigenvalue weighted by molar-refractivity contribution is -0.123. The number of carbonyl (C=O) groups is 1. The second-order valence-corrected chi connectivity index (χ2v) is 9.22. The Balaban J connectivity index is 1.81. The third-order valence-electron chi connectivity index (χ3n) is 5.51. The SMILES string of the molecule is COc1ccc(N(C)C(=O)[C@H]2CCCN(S(=O)(=O)c3cc(OC)ccc3OC)C2)cc1. The molecule has 0 unspecified atom stereocenters. The molecular weight excluding hydrogens is 420 g/mol. The van der Waals surface area contributed by atoms with Gasteiger partial charge in [-0.3, -0.25) is 4.79 Å². The van der Waals surface area contributed by atoms with Crippen LogP contribution in [-0.2, 0) is 14.8 Å². The summed E-state index contributed by atoms with van der Waals surface area (Å²) < 4.78 is 43.7. The third-order valence-corrected chi connectivity index (χ3v) is 7.40. The van der Waals surface area contributed by atoms with E-state index in [2.05, 4.69) is 0 Å². The van der Waals surface area contributed by atoms with E-state index in [9.17, 15) is 13.2 Å². The summed E-state index contributed by atoms with van der Waals surface area (Å²) in [6.45, 7) is 0.459. The number of rotatable bonds is 7. The Bertz CT molecular complexity index is 1020. The van der Waals surface area contributed by atoms with E-state index in [1.165, 1.54) is 24.6 Å². The molecule has 9 heteroatoms. The first-order valence-electron chi connectivity index (χ1n) is 9.95. The molecule has 168 valence electrons. The van der Waals surface area contributed by atoms with Crippen molar-refractivity contribution in [3.8, 4) is 17.2 Å². The summed E-state index contributed by atoms with van der Waals surface area (Å²) in [4.78, 5) is 14.7. The molecule has 31 heavy (non-hydrogen) atoms. The quantitative estimate of drug-likeness (QED) is 0.648. The second-order valence-electron chi connectivity index (χ2n) is 7.31. The first-order chi connectivity index (χ1) is 14.8. The lowest BCUT2D eigenvalue weighted by atomic mass is 9.98. The van der Waals surface area contributed by atoms with Gasteiger partial charge >= 0.3 is 0 Å². The minimum absolute atomic E-state index is 0.0333. The predicted molar refractivity (Wildman–Crippen MR) is 117 cm³/mol. The Labute approximate surface area is 183 Å². The number of hydrogen-bond donors (Lipinski definition) is 0. The lowest BCUT2D eigenvalue weighted by Gasteiger charge is -2.33. The number of piperidine rings is 1. The van der Waals surface area contributed by atoms with Gasteiger partial charge in [-0.2, -0.15) is 4.31 Å². The second kappa shape index (κ2) is 9.57. The maximum atomic E-state index is 13.4. The fourth-order valence-corrected chi connectivity index (χ4v) is 5.39. The number of carbonyl (C=O) groups excluding carboxylic acids is 1. The van der Waals surface area contributed by atoms with Gasteiger partial charge in [-0.25, -0.2) is 8.42 Å². The van der Waals surface area contributed by atoms with Gasteiger partial charge < -0.3 is 19.1 Å². The maximum absolute atomic E-state index is 13.4. The van der Waals surface area contributed by atoms with E-state index in [1.807, 2.05) is 0 Å². The average Bonchev–Trinajstić information content (AvgIpc) is 2.82. The number of ether oxygens (including phenoxy) is 3. The highest BCUT2D eigenvalue weighted by atomic mass is 32.2. The van der Waals surface area contributed by atoms with Gasteiger partial charge in [0, 0.05) is 31.9 Å². The van der Waals surface area contributed by atoms with Crippen molar-refractivity contribution in [2.75, 3.05) is 46.4 Å². The minimum atomic E-state index is -3.86. The van der Waals surface area contributed by atoms with Crippen molar-refractivity contribution in [3.05, 3.63) is 42.5 Å². The van der Waals surface area contributed by atoms with Crippen molar-refractivity contribution in [2.45, 2.75) is 17.7 Å². The molecule has 1 fully saturated rings. The van der Waals surface area contributed by atoms with Crippen LogP contribution in [0, 0.1) is 5.92 Å². The summed E-state index contributed by atoms with van der Waals surface area (Å²) in [6.07, 6.45) is 1.22.